The summed E-state index contributed by atoms with van der Waals surface area (Å²) in [5, 5.41) is 4.88. The Morgan fingerprint density at radius 2 is 1.69 bits per heavy atom. The van der Waals surface area contributed by atoms with Crippen molar-refractivity contribution in [2.75, 3.05) is 32.7 Å². The molecule has 0 atom stereocenters. The number of rotatable bonds is 7. The number of nitrogens with zero attached hydrogens (tertiary/aromatic N) is 3. The fraction of sp³-hybridized carbons (Fsp3) is 0.304. The van der Waals surface area contributed by atoms with Crippen LogP contribution in [0.3, 0.4) is 0 Å². The monoisotopic (exact) mass is 410 g/mol. The van der Waals surface area contributed by atoms with Gasteiger partial charge in [-0.15, -0.1) is 0 Å². The fourth-order valence-electron chi connectivity index (χ4n) is 3.27. The summed E-state index contributed by atoms with van der Waals surface area (Å²) in [7, 11) is 0. The zero-order valence-corrected chi connectivity index (χ0v) is 17.5. The third-order valence-electron chi connectivity index (χ3n) is 4.84. The number of nitrogens with one attached hydrogen (secondary N) is 1. The summed E-state index contributed by atoms with van der Waals surface area (Å²) in [5.74, 6) is -0.0895. The molecule has 1 saturated heterocycles. The first-order chi connectivity index (χ1) is 14.1. The first-order valence-corrected chi connectivity index (χ1v) is 10.2. The van der Waals surface area contributed by atoms with Crippen LogP contribution < -0.4 is 5.43 Å². The van der Waals surface area contributed by atoms with Crippen molar-refractivity contribution < 1.29 is 4.79 Å². The van der Waals surface area contributed by atoms with Gasteiger partial charge in [-0.2, -0.15) is 5.10 Å². The summed E-state index contributed by atoms with van der Waals surface area (Å²) >= 11 is 6.25. The highest BCUT2D eigenvalue weighted by molar-refractivity contribution is 6.31. The lowest BCUT2D eigenvalue weighted by molar-refractivity contribution is -0.122. The molecular formula is C23H27ClN4O. The van der Waals surface area contributed by atoms with E-state index in [4.69, 9.17) is 11.6 Å². The second-order valence-electron chi connectivity index (χ2n) is 7.24. The van der Waals surface area contributed by atoms with Crippen molar-refractivity contribution in [2.24, 2.45) is 5.10 Å². The van der Waals surface area contributed by atoms with E-state index in [0.717, 1.165) is 54.4 Å². The number of hydrogen-bond acceptors (Lipinski definition) is 4. The maximum absolute atomic E-state index is 12.2. The zero-order valence-electron chi connectivity index (χ0n) is 16.7. The third kappa shape index (κ3) is 7.13. The van der Waals surface area contributed by atoms with Crippen LogP contribution in [0, 0.1) is 0 Å². The van der Waals surface area contributed by atoms with E-state index >= 15 is 0 Å². The molecule has 0 saturated carbocycles. The van der Waals surface area contributed by atoms with Crippen LogP contribution in [-0.4, -0.2) is 54.6 Å². The fourth-order valence-corrected chi connectivity index (χ4v) is 3.46. The molecule has 2 aromatic carbocycles. The molecule has 6 heteroatoms. The smallest absolute Gasteiger partial charge is 0.254 e. The number of carbonyl (C=O) groups is 1. The number of carbonyl (C=O) groups excluding carboxylic acids is 1. The minimum absolute atomic E-state index is 0.0895. The van der Waals surface area contributed by atoms with Gasteiger partial charge in [0.1, 0.15) is 0 Å². The Balaban J connectivity index is 1.38. The largest absolute Gasteiger partial charge is 0.296 e. The zero-order chi connectivity index (χ0) is 20.5. The molecule has 1 aliphatic heterocycles. The first-order valence-electron chi connectivity index (χ1n) is 9.83. The van der Waals surface area contributed by atoms with E-state index in [0.29, 0.717) is 6.54 Å². The average molecular weight is 411 g/mol. The van der Waals surface area contributed by atoms with Gasteiger partial charge in [-0.1, -0.05) is 66.2 Å². The Hall–Kier alpha value is -2.47. The quantitative estimate of drug-likeness (QED) is 0.559. The number of piperazine rings is 1. The van der Waals surface area contributed by atoms with E-state index < -0.39 is 0 Å². The predicted octanol–water partition coefficient (Wildman–Crippen LogP) is 3.66. The molecule has 1 N–H and O–H groups in total. The van der Waals surface area contributed by atoms with E-state index in [1.165, 1.54) is 0 Å². The van der Waals surface area contributed by atoms with Crippen LogP contribution in [0.2, 0.25) is 5.02 Å². The standard InChI is InChI=1S/C23H27ClN4O/c1-19(15-20-7-3-2-4-8-20)16-25-26-23(29)18-28-13-11-27(12-14-28)17-21-9-5-6-10-22(21)24/h2-10,15-16H,11-14,17-18H2,1H3,(H,26,29)/b19-15+,25-16+. The van der Waals surface area contributed by atoms with Crippen LogP contribution >= 0.6 is 11.6 Å². The van der Waals surface area contributed by atoms with Crippen LogP contribution in [0.4, 0.5) is 0 Å². The molecule has 29 heavy (non-hydrogen) atoms. The molecule has 2 aromatic rings. The molecule has 1 amide bonds. The van der Waals surface area contributed by atoms with Crippen molar-refractivity contribution in [3.8, 4) is 0 Å². The summed E-state index contributed by atoms with van der Waals surface area (Å²) in [6, 6.07) is 18.0. The van der Waals surface area contributed by atoms with Gasteiger partial charge in [0.15, 0.2) is 0 Å². The molecule has 0 bridgehead atoms. The van der Waals surface area contributed by atoms with Gasteiger partial charge in [-0.25, -0.2) is 5.43 Å². The van der Waals surface area contributed by atoms with E-state index in [1.807, 2.05) is 61.5 Å². The predicted molar refractivity (Wildman–Crippen MR) is 120 cm³/mol. The molecule has 1 aliphatic rings. The maximum Gasteiger partial charge on any atom is 0.254 e. The minimum atomic E-state index is -0.0895. The second kappa shape index (κ2) is 10.9. The highest BCUT2D eigenvalue weighted by Crippen LogP contribution is 2.17. The van der Waals surface area contributed by atoms with Gasteiger partial charge in [-0.3, -0.25) is 14.6 Å². The van der Waals surface area contributed by atoms with Crippen molar-refractivity contribution in [3.05, 3.63) is 76.3 Å². The lowest BCUT2D eigenvalue weighted by Crippen LogP contribution is -2.48. The number of benzene rings is 2. The number of amides is 1. The van der Waals surface area contributed by atoms with Crippen molar-refractivity contribution in [1.82, 2.24) is 15.2 Å². The molecule has 1 heterocycles. The van der Waals surface area contributed by atoms with E-state index in [1.54, 1.807) is 6.21 Å². The van der Waals surface area contributed by atoms with Crippen molar-refractivity contribution in [3.63, 3.8) is 0 Å². The molecule has 0 spiro atoms. The highest BCUT2D eigenvalue weighted by Gasteiger charge is 2.19. The van der Waals surface area contributed by atoms with E-state index in [2.05, 4.69) is 26.4 Å². The topological polar surface area (TPSA) is 47.9 Å². The lowest BCUT2D eigenvalue weighted by atomic mass is 10.1. The molecule has 3 rings (SSSR count). The highest BCUT2D eigenvalue weighted by atomic mass is 35.5. The molecule has 0 aliphatic carbocycles. The van der Waals surface area contributed by atoms with Gasteiger partial charge in [0.2, 0.25) is 0 Å². The summed E-state index contributed by atoms with van der Waals surface area (Å²) in [4.78, 5) is 16.7. The van der Waals surface area contributed by atoms with Gasteiger partial charge in [0.05, 0.1) is 12.8 Å². The molecule has 0 aromatic heterocycles. The Morgan fingerprint density at radius 1 is 1.03 bits per heavy atom. The average Bonchev–Trinajstić information content (AvgIpc) is 2.72. The second-order valence-corrected chi connectivity index (χ2v) is 7.64. The molecule has 1 fully saturated rings. The van der Waals surface area contributed by atoms with Crippen molar-refractivity contribution in [2.45, 2.75) is 13.5 Å². The Bertz CT molecular complexity index is 858. The van der Waals surface area contributed by atoms with Gasteiger partial charge >= 0.3 is 0 Å². The van der Waals surface area contributed by atoms with Crippen LogP contribution in [0.1, 0.15) is 18.1 Å². The first kappa shape index (κ1) is 21.2. The number of hydrazone groups is 1. The van der Waals surface area contributed by atoms with Crippen LogP contribution in [-0.2, 0) is 11.3 Å². The Morgan fingerprint density at radius 3 is 2.41 bits per heavy atom. The molecule has 5 nitrogen and oxygen atoms in total. The summed E-state index contributed by atoms with van der Waals surface area (Å²) in [6.07, 6.45) is 3.69. The number of hydrogen-bond donors (Lipinski definition) is 1. The molecule has 152 valence electrons. The van der Waals surface area contributed by atoms with E-state index in [9.17, 15) is 4.79 Å². The maximum atomic E-state index is 12.2. The lowest BCUT2D eigenvalue weighted by Gasteiger charge is -2.34. The van der Waals surface area contributed by atoms with Crippen LogP contribution in [0.5, 0.6) is 0 Å². The SMILES string of the molecule is CC(/C=N/NC(=O)CN1CCN(Cc2ccccc2Cl)CC1)=C\c1ccccc1. The normalized spacial score (nSPS) is 16.3. The molecular weight excluding hydrogens is 384 g/mol. The Kier molecular flexibility index (Phi) is 7.99. The molecule has 0 unspecified atom stereocenters. The summed E-state index contributed by atoms with van der Waals surface area (Å²) < 4.78 is 0. The van der Waals surface area contributed by atoms with Gasteiger partial charge in [0, 0.05) is 37.7 Å². The summed E-state index contributed by atoms with van der Waals surface area (Å²) in [5.41, 5.74) is 5.85. The Labute approximate surface area is 177 Å². The van der Waals surface area contributed by atoms with Gasteiger partial charge in [-0.05, 0) is 29.7 Å². The molecule has 0 radical (unpaired) electrons. The van der Waals surface area contributed by atoms with Crippen molar-refractivity contribution in [1.29, 1.82) is 0 Å². The third-order valence-corrected chi connectivity index (χ3v) is 5.20. The van der Waals surface area contributed by atoms with Gasteiger partial charge in [0.25, 0.3) is 5.91 Å². The van der Waals surface area contributed by atoms with Gasteiger partial charge < -0.3 is 0 Å². The van der Waals surface area contributed by atoms with Crippen LogP contribution in [0.25, 0.3) is 6.08 Å². The summed E-state index contributed by atoms with van der Waals surface area (Å²) in [6.45, 7) is 6.71. The minimum Gasteiger partial charge on any atom is -0.296 e. The van der Waals surface area contributed by atoms with E-state index in [-0.39, 0.29) is 5.91 Å². The van der Waals surface area contributed by atoms with Crippen LogP contribution in [0.15, 0.2) is 65.3 Å². The number of halogens is 1. The number of allylic oxidation sites excluding steroid dienone is 1. The van der Waals surface area contributed by atoms with Crippen molar-refractivity contribution >= 4 is 29.8 Å².